The van der Waals surface area contributed by atoms with Gasteiger partial charge >= 0.3 is 0 Å². The third kappa shape index (κ3) is 3.65. The maximum absolute atomic E-state index is 10.8. The number of piperazine rings is 1. The van der Waals surface area contributed by atoms with E-state index in [9.17, 15) is 5.11 Å². The van der Waals surface area contributed by atoms with Gasteiger partial charge in [0.25, 0.3) is 0 Å². The molecule has 0 radical (unpaired) electrons. The molecule has 0 spiro atoms. The molecule has 2 aromatic rings. The third-order valence-electron chi connectivity index (χ3n) is 5.23. The van der Waals surface area contributed by atoms with Crippen LogP contribution < -0.4 is 0 Å². The molecule has 3 nitrogen and oxygen atoms in total. The highest BCUT2D eigenvalue weighted by atomic mass is 35.5. The molecule has 1 saturated heterocycles. The molecule has 0 unspecified atom stereocenters. The lowest BCUT2D eigenvalue weighted by atomic mass is 9.90. The minimum Gasteiger partial charge on any atom is -0.386 e. The summed E-state index contributed by atoms with van der Waals surface area (Å²) in [5.41, 5.74) is 3.43. The van der Waals surface area contributed by atoms with Crippen LogP contribution in [0.4, 0.5) is 0 Å². The van der Waals surface area contributed by atoms with Crippen LogP contribution in [-0.2, 0) is 6.54 Å². The quantitative estimate of drug-likeness (QED) is 0.912. The third-order valence-corrected chi connectivity index (χ3v) is 5.47. The van der Waals surface area contributed by atoms with E-state index < -0.39 is 6.10 Å². The summed E-state index contributed by atoms with van der Waals surface area (Å²) in [7, 11) is 0. The van der Waals surface area contributed by atoms with E-state index >= 15 is 0 Å². The smallest absolute Gasteiger partial charge is 0.0986 e. The van der Waals surface area contributed by atoms with Gasteiger partial charge in [-0.25, -0.2) is 0 Å². The fraction of sp³-hybridized carbons (Fsp3) is 0.333. The molecule has 2 aromatic carbocycles. The largest absolute Gasteiger partial charge is 0.386 e. The van der Waals surface area contributed by atoms with Gasteiger partial charge in [-0.2, -0.15) is 0 Å². The first-order valence-corrected chi connectivity index (χ1v) is 9.24. The van der Waals surface area contributed by atoms with Crippen molar-refractivity contribution in [1.29, 1.82) is 0 Å². The second kappa shape index (κ2) is 7.30. The molecular weight excluding hydrogens is 332 g/mol. The number of halogens is 1. The van der Waals surface area contributed by atoms with Crippen LogP contribution in [0.1, 0.15) is 22.8 Å². The highest BCUT2D eigenvalue weighted by Crippen LogP contribution is 2.31. The highest BCUT2D eigenvalue weighted by Gasteiger charge is 2.31. The van der Waals surface area contributed by atoms with Gasteiger partial charge < -0.3 is 5.11 Å². The minimum absolute atomic E-state index is 0.0724. The van der Waals surface area contributed by atoms with Crippen LogP contribution in [0.5, 0.6) is 0 Å². The van der Waals surface area contributed by atoms with Gasteiger partial charge in [0.1, 0.15) is 0 Å². The molecule has 2 atom stereocenters. The number of fused-ring (bicyclic) bond motifs is 1. The van der Waals surface area contributed by atoms with Gasteiger partial charge in [0, 0.05) is 37.7 Å². The van der Waals surface area contributed by atoms with Crippen molar-refractivity contribution in [3.63, 3.8) is 0 Å². The van der Waals surface area contributed by atoms with Gasteiger partial charge in [0.05, 0.1) is 12.1 Å². The lowest BCUT2D eigenvalue weighted by Crippen LogP contribution is -2.51. The Morgan fingerprint density at radius 1 is 1.00 bits per heavy atom. The molecule has 1 aliphatic heterocycles. The molecular formula is C21H23ClN2O. The van der Waals surface area contributed by atoms with Gasteiger partial charge in [-0.3, -0.25) is 9.80 Å². The van der Waals surface area contributed by atoms with Crippen molar-refractivity contribution in [1.82, 2.24) is 9.80 Å². The Bertz CT molecular complexity index is 768. The van der Waals surface area contributed by atoms with E-state index in [1.807, 2.05) is 36.4 Å². The Labute approximate surface area is 154 Å². The Kier molecular flexibility index (Phi) is 4.91. The first-order chi connectivity index (χ1) is 12.2. The Balaban J connectivity index is 1.38. The fourth-order valence-electron chi connectivity index (χ4n) is 3.86. The summed E-state index contributed by atoms with van der Waals surface area (Å²) < 4.78 is 0. The highest BCUT2D eigenvalue weighted by molar-refractivity contribution is 6.30. The van der Waals surface area contributed by atoms with Crippen molar-refractivity contribution in [2.45, 2.75) is 18.7 Å². The maximum atomic E-state index is 10.8. The van der Waals surface area contributed by atoms with E-state index in [4.69, 9.17) is 11.6 Å². The zero-order valence-corrected chi connectivity index (χ0v) is 14.9. The van der Waals surface area contributed by atoms with Crippen LogP contribution in [0.25, 0.3) is 6.08 Å². The molecule has 4 heteroatoms. The van der Waals surface area contributed by atoms with E-state index in [0.29, 0.717) is 0 Å². The average Bonchev–Trinajstić information content (AvgIpc) is 2.63. The first kappa shape index (κ1) is 16.8. The molecule has 2 aliphatic rings. The summed E-state index contributed by atoms with van der Waals surface area (Å²) in [4.78, 5) is 4.85. The number of hydrogen-bond donors (Lipinski definition) is 1. The summed E-state index contributed by atoms with van der Waals surface area (Å²) in [5, 5.41) is 11.6. The molecule has 130 valence electrons. The van der Waals surface area contributed by atoms with Crippen molar-refractivity contribution in [3.8, 4) is 0 Å². The number of hydrogen-bond acceptors (Lipinski definition) is 3. The predicted molar refractivity (Wildman–Crippen MR) is 103 cm³/mol. The molecule has 25 heavy (non-hydrogen) atoms. The van der Waals surface area contributed by atoms with Gasteiger partial charge in [-0.05, 0) is 28.8 Å². The molecule has 0 amide bonds. The van der Waals surface area contributed by atoms with Crippen LogP contribution >= 0.6 is 11.6 Å². The predicted octanol–water partition coefficient (Wildman–Crippen LogP) is 3.59. The van der Waals surface area contributed by atoms with Crippen molar-refractivity contribution < 1.29 is 5.11 Å². The van der Waals surface area contributed by atoms with E-state index in [0.717, 1.165) is 48.9 Å². The van der Waals surface area contributed by atoms with Crippen molar-refractivity contribution >= 4 is 17.7 Å². The molecule has 0 aromatic heterocycles. The van der Waals surface area contributed by atoms with E-state index in [-0.39, 0.29) is 6.04 Å². The monoisotopic (exact) mass is 354 g/mol. The SMILES string of the molecule is O[C@@H]1c2ccccc2C=C[C@H]1N1CCN(Cc2cccc(Cl)c2)CC1. The lowest BCUT2D eigenvalue weighted by Gasteiger charge is -2.41. The van der Waals surface area contributed by atoms with Crippen LogP contribution in [-0.4, -0.2) is 47.1 Å². The van der Waals surface area contributed by atoms with E-state index in [1.54, 1.807) is 0 Å². The summed E-state index contributed by atoms with van der Waals surface area (Å²) in [6.45, 7) is 4.88. The maximum Gasteiger partial charge on any atom is 0.0986 e. The molecule has 1 heterocycles. The van der Waals surface area contributed by atoms with Gasteiger partial charge in [0.2, 0.25) is 0 Å². The molecule has 4 rings (SSSR count). The number of aliphatic hydroxyl groups excluding tert-OH is 1. The molecule has 1 N–H and O–H groups in total. The summed E-state index contributed by atoms with van der Waals surface area (Å²) >= 11 is 6.08. The van der Waals surface area contributed by atoms with Crippen molar-refractivity contribution in [3.05, 3.63) is 76.3 Å². The topological polar surface area (TPSA) is 26.7 Å². The zero-order valence-electron chi connectivity index (χ0n) is 14.2. The number of aliphatic hydroxyl groups is 1. The van der Waals surface area contributed by atoms with Crippen molar-refractivity contribution in [2.75, 3.05) is 26.2 Å². The van der Waals surface area contributed by atoms with Crippen molar-refractivity contribution in [2.24, 2.45) is 0 Å². The zero-order chi connectivity index (χ0) is 17.2. The standard InChI is InChI=1S/C21H23ClN2O/c22-18-6-3-4-16(14-18)15-23-10-12-24(13-11-23)20-9-8-17-5-1-2-7-19(17)21(20)25/h1-9,14,20-21,25H,10-13,15H2/t20-,21-/m1/s1. The Morgan fingerprint density at radius 3 is 2.60 bits per heavy atom. The summed E-state index contributed by atoms with van der Waals surface area (Å²) in [5.74, 6) is 0. The molecule has 1 fully saturated rings. The summed E-state index contributed by atoms with van der Waals surface area (Å²) in [6, 6.07) is 16.3. The molecule has 1 aliphatic carbocycles. The second-order valence-corrected chi connectivity index (χ2v) is 7.30. The number of nitrogens with zero attached hydrogens (tertiary/aromatic N) is 2. The fourth-order valence-corrected chi connectivity index (χ4v) is 4.07. The van der Waals surface area contributed by atoms with Crippen LogP contribution in [0, 0.1) is 0 Å². The number of benzene rings is 2. The second-order valence-electron chi connectivity index (χ2n) is 6.87. The Morgan fingerprint density at radius 2 is 1.80 bits per heavy atom. The van der Waals surface area contributed by atoms with E-state index in [1.165, 1.54) is 5.56 Å². The number of rotatable bonds is 3. The normalized spacial score (nSPS) is 24.2. The molecule has 0 saturated carbocycles. The summed E-state index contributed by atoms with van der Waals surface area (Å²) in [6.07, 6.45) is 3.85. The van der Waals surface area contributed by atoms with Gasteiger partial charge in [0.15, 0.2) is 0 Å². The van der Waals surface area contributed by atoms with Crippen LogP contribution in [0.15, 0.2) is 54.6 Å². The van der Waals surface area contributed by atoms with Crippen LogP contribution in [0.3, 0.4) is 0 Å². The average molecular weight is 355 g/mol. The lowest BCUT2D eigenvalue weighted by molar-refractivity contribution is 0.0363. The van der Waals surface area contributed by atoms with Gasteiger partial charge in [-0.1, -0.05) is 60.2 Å². The van der Waals surface area contributed by atoms with Crippen LogP contribution in [0.2, 0.25) is 5.02 Å². The Hall–Kier alpha value is -1.65. The minimum atomic E-state index is -0.444. The van der Waals surface area contributed by atoms with E-state index in [2.05, 4.69) is 34.1 Å². The first-order valence-electron chi connectivity index (χ1n) is 8.87. The van der Waals surface area contributed by atoms with Gasteiger partial charge in [-0.15, -0.1) is 0 Å². The molecule has 0 bridgehead atoms.